The Hall–Kier alpha value is -1.56. The quantitative estimate of drug-likeness (QED) is 0.838. The molecular formula is C10H11F3N2O. The maximum absolute atomic E-state index is 12.3. The van der Waals surface area contributed by atoms with Gasteiger partial charge in [0.2, 0.25) is 0 Å². The highest BCUT2D eigenvalue weighted by Gasteiger charge is 2.31. The molecule has 1 rings (SSSR count). The van der Waals surface area contributed by atoms with E-state index >= 15 is 0 Å². The first kappa shape index (κ1) is 12.5. The fourth-order valence-corrected chi connectivity index (χ4v) is 1.07. The molecule has 0 fully saturated rings. The summed E-state index contributed by atoms with van der Waals surface area (Å²) in [5.41, 5.74) is 4.78. The summed E-state index contributed by atoms with van der Waals surface area (Å²) in [6, 6.07) is 0.927. The molecule has 0 saturated carbocycles. The molecule has 0 unspecified atom stereocenters. The van der Waals surface area contributed by atoms with Crippen molar-refractivity contribution in [3.05, 3.63) is 29.5 Å². The molecule has 0 spiro atoms. The summed E-state index contributed by atoms with van der Waals surface area (Å²) in [6.07, 6.45) is -0.435. The second-order valence-corrected chi connectivity index (χ2v) is 3.11. The van der Waals surface area contributed by atoms with Crippen LogP contribution >= 0.6 is 0 Å². The molecule has 0 bridgehead atoms. The maximum Gasteiger partial charge on any atom is 0.417 e. The first-order valence-corrected chi connectivity index (χ1v) is 4.55. The minimum Gasteiger partial charge on any atom is -0.396 e. The van der Waals surface area contributed by atoms with E-state index in [9.17, 15) is 13.2 Å². The number of aromatic nitrogens is 1. The van der Waals surface area contributed by atoms with Gasteiger partial charge in [-0.25, -0.2) is 4.98 Å². The lowest BCUT2D eigenvalue weighted by atomic mass is 10.1. The lowest BCUT2D eigenvalue weighted by Crippen LogP contribution is -2.07. The second kappa shape index (κ2) is 4.98. The van der Waals surface area contributed by atoms with Gasteiger partial charge in [-0.05, 0) is 12.5 Å². The van der Waals surface area contributed by atoms with Crippen molar-refractivity contribution >= 4 is 11.9 Å². The largest absolute Gasteiger partial charge is 0.417 e. The maximum atomic E-state index is 12.3. The Morgan fingerprint density at radius 3 is 2.69 bits per heavy atom. The SMILES string of the molecule is Nc1ncc(C(F)(F)F)cc1C=CCCO. The lowest BCUT2D eigenvalue weighted by Gasteiger charge is -2.07. The van der Waals surface area contributed by atoms with Crippen LogP contribution in [-0.4, -0.2) is 16.7 Å². The summed E-state index contributed by atoms with van der Waals surface area (Å²) in [6.45, 7) is -0.0667. The zero-order valence-corrected chi connectivity index (χ0v) is 8.33. The van der Waals surface area contributed by atoms with E-state index in [2.05, 4.69) is 4.98 Å². The predicted octanol–water partition coefficient (Wildman–Crippen LogP) is 2.08. The summed E-state index contributed by atoms with van der Waals surface area (Å²) in [4.78, 5) is 3.47. The summed E-state index contributed by atoms with van der Waals surface area (Å²) in [5.74, 6) is 0.0298. The Balaban J connectivity index is 3.00. The van der Waals surface area contributed by atoms with Gasteiger partial charge in [-0.1, -0.05) is 12.2 Å². The van der Waals surface area contributed by atoms with Gasteiger partial charge in [-0.3, -0.25) is 0 Å². The molecule has 0 saturated heterocycles. The van der Waals surface area contributed by atoms with Crippen LogP contribution in [0, 0.1) is 0 Å². The van der Waals surface area contributed by atoms with Crippen LogP contribution in [0.4, 0.5) is 19.0 Å². The number of nitrogens with zero attached hydrogens (tertiary/aromatic N) is 1. The van der Waals surface area contributed by atoms with Crippen molar-refractivity contribution in [1.82, 2.24) is 4.98 Å². The number of halogens is 3. The molecule has 1 aromatic heterocycles. The highest BCUT2D eigenvalue weighted by atomic mass is 19.4. The fourth-order valence-electron chi connectivity index (χ4n) is 1.07. The minimum absolute atomic E-state index is 0.0298. The number of pyridine rings is 1. The zero-order valence-electron chi connectivity index (χ0n) is 8.33. The molecule has 3 N–H and O–H groups in total. The minimum atomic E-state index is -4.43. The number of aliphatic hydroxyl groups is 1. The summed E-state index contributed by atoms with van der Waals surface area (Å²) in [7, 11) is 0. The Morgan fingerprint density at radius 1 is 1.44 bits per heavy atom. The molecule has 0 aliphatic carbocycles. The Morgan fingerprint density at radius 2 is 2.12 bits per heavy atom. The van der Waals surface area contributed by atoms with E-state index in [1.165, 1.54) is 12.2 Å². The molecule has 0 atom stereocenters. The van der Waals surface area contributed by atoms with Gasteiger partial charge in [0.1, 0.15) is 5.82 Å². The number of aliphatic hydroxyl groups excluding tert-OH is 1. The van der Waals surface area contributed by atoms with Gasteiger partial charge in [0.15, 0.2) is 0 Å². The average molecular weight is 232 g/mol. The first-order valence-electron chi connectivity index (χ1n) is 4.55. The highest BCUT2D eigenvalue weighted by molar-refractivity contribution is 5.61. The number of nitrogens with two attached hydrogens (primary N) is 1. The van der Waals surface area contributed by atoms with Gasteiger partial charge in [-0.2, -0.15) is 13.2 Å². The summed E-state index contributed by atoms with van der Waals surface area (Å²) < 4.78 is 37.0. The zero-order chi connectivity index (χ0) is 12.2. The van der Waals surface area contributed by atoms with Crippen LogP contribution in [0.5, 0.6) is 0 Å². The third kappa shape index (κ3) is 3.23. The average Bonchev–Trinajstić information content (AvgIpc) is 2.19. The van der Waals surface area contributed by atoms with Crippen molar-refractivity contribution in [1.29, 1.82) is 0 Å². The number of alkyl halides is 3. The summed E-state index contributed by atoms with van der Waals surface area (Å²) >= 11 is 0. The molecule has 1 aromatic rings. The van der Waals surface area contributed by atoms with E-state index < -0.39 is 11.7 Å². The molecule has 0 aliphatic rings. The van der Waals surface area contributed by atoms with Crippen molar-refractivity contribution in [2.45, 2.75) is 12.6 Å². The molecule has 0 radical (unpaired) electrons. The number of rotatable bonds is 3. The molecule has 16 heavy (non-hydrogen) atoms. The van der Waals surface area contributed by atoms with Gasteiger partial charge in [0, 0.05) is 18.4 Å². The Bertz CT molecular complexity index is 388. The molecule has 1 heterocycles. The van der Waals surface area contributed by atoms with Crippen LogP contribution in [0.25, 0.3) is 6.08 Å². The van der Waals surface area contributed by atoms with E-state index in [0.29, 0.717) is 12.6 Å². The second-order valence-electron chi connectivity index (χ2n) is 3.11. The van der Waals surface area contributed by atoms with Crippen molar-refractivity contribution in [2.75, 3.05) is 12.3 Å². The number of hydrogen-bond acceptors (Lipinski definition) is 3. The third-order valence-corrected chi connectivity index (χ3v) is 1.87. The van der Waals surface area contributed by atoms with Gasteiger partial charge >= 0.3 is 6.18 Å². The molecule has 88 valence electrons. The van der Waals surface area contributed by atoms with E-state index in [4.69, 9.17) is 10.8 Å². The molecular weight excluding hydrogens is 221 g/mol. The van der Waals surface area contributed by atoms with Crippen LogP contribution in [-0.2, 0) is 6.18 Å². The van der Waals surface area contributed by atoms with Crippen molar-refractivity contribution in [2.24, 2.45) is 0 Å². The number of hydrogen-bond donors (Lipinski definition) is 2. The van der Waals surface area contributed by atoms with E-state index in [0.717, 1.165) is 6.07 Å². The molecule has 3 nitrogen and oxygen atoms in total. The summed E-state index contributed by atoms with van der Waals surface area (Å²) in [5, 5.41) is 8.52. The lowest BCUT2D eigenvalue weighted by molar-refractivity contribution is -0.137. The van der Waals surface area contributed by atoms with E-state index in [1.807, 2.05) is 0 Å². The van der Waals surface area contributed by atoms with E-state index in [1.54, 1.807) is 0 Å². The first-order chi connectivity index (χ1) is 7.45. The smallest absolute Gasteiger partial charge is 0.396 e. The van der Waals surface area contributed by atoms with Crippen LogP contribution in [0.3, 0.4) is 0 Å². The molecule has 0 amide bonds. The van der Waals surface area contributed by atoms with Crippen molar-refractivity contribution in [3.8, 4) is 0 Å². The topological polar surface area (TPSA) is 59.1 Å². The van der Waals surface area contributed by atoms with Gasteiger partial charge in [0.05, 0.1) is 5.56 Å². The number of nitrogen functional groups attached to an aromatic ring is 1. The highest BCUT2D eigenvalue weighted by Crippen LogP contribution is 2.30. The van der Waals surface area contributed by atoms with Crippen LogP contribution < -0.4 is 5.73 Å². The van der Waals surface area contributed by atoms with Gasteiger partial charge in [0.25, 0.3) is 0 Å². The van der Waals surface area contributed by atoms with Crippen molar-refractivity contribution < 1.29 is 18.3 Å². The van der Waals surface area contributed by atoms with Crippen LogP contribution in [0.2, 0.25) is 0 Å². The van der Waals surface area contributed by atoms with Gasteiger partial charge in [-0.15, -0.1) is 0 Å². The molecule has 0 aromatic carbocycles. The van der Waals surface area contributed by atoms with Crippen molar-refractivity contribution in [3.63, 3.8) is 0 Å². The molecule has 0 aliphatic heterocycles. The predicted molar refractivity (Wildman–Crippen MR) is 54.4 cm³/mol. The standard InChI is InChI=1S/C10H11F3N2O/c11-10(12,13)8-5-7(3-1-2-4-16)9(14)15-6-8/h1,3,5-6,16H,2,4H2,(H2,14,15). The van der Waals surface area contributed by atoms with Crippen LogP contribution in [0.1, 0.15) is 17.5 Å². The number of anilines is 1. The Labute approximate surface area is 90.4 Å². The Kier molecular flexibility index (Phi) is 3.89. The monoisotopic (exact) mass is 232 g/mol. The fraction of sp³-hybridized carbons (Fsp3) is 0.300. The van der Waals surface area contributed by atoms with Crippen LogP contribution in [0.15, 0.2) is 18.3 Å². The molecule has 6 heteroatoms. The third-order valence-electron chi connectivity index (χ3n) is 1.87. The van der Waals surface area contributed by atoms with Gasteiger partial charge < -0.3 is 10.8 Å². The van der Waals surface area contributed by atoms with E-state index in [-0.39, 0.29) is 18.0 Å². The normalized spacial score (nSPS) is 12.2.